The van der Waals surface area contributed by atoms with Crippen LogP contribution in [-0.2, 0) is 4.79 Å². The third-order valence-electron chi connectivity index (χ3n) is 3.61. The SMILES string of the molecule is CN(CCC(=O)NC1CC1)C(CN)C1CC1. The quantitative estimate of drug-likeness (QED) is 0.656. The zero-order valence-corrected chi connectivity index (χ0v) is 10.1. The molecule has 0 radical (unpaired) electrons. The molecule has 0 spiro atoms. The van der Waals surface area contributed by atoms with E-state index >= 15 is 0 Å². The molecule has 1 unspecified atom stereocenters. The molecule has 1 atom stereocenters. The van der Waals surface area contributed by atoms with Crippen LogP contribution in [0.25, 0.3) is 0 Å². The Kier molecular flexibility index (Phi) is 3.82. The highest BCUT2D eigenvalue weighted by Gasteiger charge is 2.32. The minimum absolute atomic E-state index is 0.195. The van der Waals surface area contributed by atoms with Crippen molar-refractivity contribution in [3.63, 3.8) is 0 Å². The van der Waals surface area contributed by atoms with Crippen molar-refractivity contribution < 1.29 is 4.79 Å². The van der Waals surface area contributed by atoms with E-state index in [-0.39, 0.29) is 5.91 Å². The standard InChI is InChI=1S/C12H23N3O/c1-15(11(8-13)9-2-3-9)7-6-12(16)14-10-4-5-10/h9-11H,2-8,13H2,1H3,(H,14,16). The first-order valence-corrected chi connectivity index (χ1v) is 6.40. The molecule has 0 heterocycles. The lowest BCUT2D eigenvalue weighted by Gasteiger charge is -2.26. The Bertz CT molecular complexity index is 249. The van der Waals surface area contributed by atoms with Crippen molar-refractivity contribution in [2.45, 2.75) is 44.2 Å². The zero-order valence-electron chi connectivity index (χ0n) is 10.1. The van der Waals surface area contributed by atoms with E-state index in [2.05, 4.69) is 17.3 Å². The summed E-state index contributed by atoms with van der Waals surface area (Å²) in [6.45, 7) is 1.54. The van der Waals surface area contributed by atoms with Crippen LogP contribution in [0.5, 0.6) is 0 Å². The fraction of sp³-hybridized carbons (Fsp3) is 0.917. The van der Waals surface area contributed by atoms with Gasteiger partial charge in [-0.2, -0.15) is 0 Å². The molecule has 16 heavy (non-hydrogen) atoms. The number of hydrogen-bond acceptors (Lipinski definition) is 3. The van der Waals surface area contributed by atoms with Crippen molar-refractivity contribution in [2.75, 3.05) is 20.1 Å². The number of carbonyl (C=O) groups excluding carboxylic acids is 1. The van der Waals surface area contributed by atoms with Crippen LogP contribution in [0.15, 0.2) is 0 Å². The molecule has 2 aliphatic carbocycles. The van der Waals surface area contributed by atoms with E-state index in [4.69, 9.17) is 5.73 Å². The average Bonchev–Trinajstić information content (AvgIpc) is 3.08. The maximum Gasteiger partial charge on any atom is 0.221 e. The number of hydrogen-bond donors (Lipinski definition) is 2. The second-order valence-corrected chi connectivity index (χ2v) is 5.21. The van der Waals surface area contributed by atoms with E-state index in [1.165, 1.54) is 12.8 Å². The van der Waals surface area contributed by atoms with Gasteiger partial charge in [0.2, 0.25) is 5.91 Å². The van der Waals surface area contributed by atoms with Gasteiger partial charge in [-0.1, -0.05) is 0 Å². The molecule has 2 saturated carbocycles. The van der Waals surface area contributed by atoms with E-state index in [0.29, 0.717) is 25.0 Å². The van der Waals surface area contributed by atoms with Crippen molar-refractivity contribution in [1.29, 1.82) is 0 Å². The van der Waals surface area contributed by atoms with E-state index in [1.807, 2.05) is 0 Å². The Labute approximate surface area is 97.6 Å². The third-order valence-corrected chi connectivity index (χ3v) is 3.61. The summed E-state index contributed by atoms with van der Waals surface area (Å²) in [5, 5.41) is 3.01. The summed E-state index contributed by atoms with van der Waals surface area (Å²) in [5.74, 6) is 0.974. The summed E-state index contributed by atoms with van der Waals surface area (Å²) in [6.07, 6.45) is 5.54. The van der Waals surface area contributed by atoms with Gasteiger partial charge < -0.3 is 16.0 Å². The minimum Gasteiger partial charge on any atom is -0.353 e. The van der Waals surface area contributed by atoms with Crippen LogP contribution in [0, 0.1) is 5.92 Å². The third kappa shape index (κ3) is 3.46. The van der Waals surface area contributed by atoms with Crippen molar-refractivity contribution in [3.05, 3.63) is 0 Å². The lowest BCUT2D eigenvalue weighted by Crippen LogP contribution is -2.41. The molecule has 0 aromatic carbocycles. The predicted octanol–water partition coefficient (Wildman–Crippen LogP) is 0.324. The second-order valence-electron chi connectivity index (χ2n) is 5.21. The maximum absolute atomic E-state index is 11.5. The molecule has 0 bridgehead atoms. The largest absolute Gasteiger partial charge is 0.353 e. The summed E-state index contributed by atoms with van der Waals surface area (Å²) in [5.41, 5.74) is 5.77. The van der Waals surface area contributed by atoms with Gasteiger partial charge in [-0.15, -0.1) is 0 Å². The van der Waals surface area contributed by atoms with E-state index < -0.39 is 0 Å². The van der Waals surface area contributed by atoms with Crippen molar-refractivity contribution in [3.8, 4) is 0 Å². The van der Waals surface area contributed by atoms with Crippen LogP contribution in [0.3, 0.4) is 0 Å². The van der Waals surface area contributed by atoms with Crippen LogP contribution in [0.1, 0.15) is 32.1 Å². The lowest BCUT2D eigenvalue weighted by atomic mass is 10.1. The van der Waals surface area contributed by atoms with Crippen LogP contribution < -0.4 is 11.1 Å². The normalized spacial score (nSPS) is 22.2. The number of nitrogens with two attached hydrogens (primary N) is 1. The Morgan fingerprint density at radius 3 is 2.62 bits per heavy atom. The van der Waals surface area contributed by atoms with Crippen LogP contribution in [0.2, 0.25) is 0 Å². The molecule has 4 heteroatoms. The number of rotatable bonds is 7. The van der Waals surface area contributed by atoms with Crippen molar-refractivity contribution in [2.24, 2.45) is 11.7 Å². The topological polar surface area (TPSA) is 58.4 Å². The van der Waals surface area contributed by atoms with E-state index in [9.17, 15) is 4.79 Å². The lowest BCUT2D eigenvalue weighted by molar-refractivity contribution is -0.121. The molecule has 2 fully saturated rings. The fourth-order valence-corrected chi connectivity index (χ4v) is 2.18. The highest BCUT2D eigenvalue weighted by Crippen LogP contribution is 2.34. The summed E-state index contributed by atoms with van der Waals surface area (Å²) in [7, 11) is 2.08. The molecule has 2 aliphatic rings. The fourth-order valence-electron chi connectivity index (χ4n) is 2.18. The van der Waals surface area contributed by atoms with Gasteiger partial charge in [0.05, 0.1) is 0 Å². The molecular weight excluding hydrogens is 202 g/mol. The van der Waals surface area contributed by atoms with E-state index in [1.54, 1.807) is 0 Å². The summed E-state index contributed by atoms with van der Waals surface area (Å²) in [6, 6.07) is 0.959. The molecule has 0 aromatic heterocycles. The molecular formula is C12H23N3O. The number of likely N-dealkylation sites (N-methyl/N-ethyl adjacent to an activating group) is 1. The molecule has 0 saturated heterocycles. The van der Waals surface area contributed by atoms with Crippen LogP contribution >= 0.6 is 0 Å². The Balaban J connectivity index is 1.64. The van der Waals surface area contributed by atoms with Gasteiger partial charge in [0.15, 0.2) is 0 Å². The first-order chi connectivity index (χ1) is 7.70. The smallest absolute Gasteiger partial charge is 0.221 e. The summed E-state index contributed by atoms with van der Waals surface area (Å²) in [4.78, 5) is 13.8. The minimum atomic E-state index is 0.195. The van der Waals surface area contributed by atoms with Crippen molar-refractivity contribution in [1.82, 2.24) is 10.2 Å². The van der Waals surface area contributed by atoms with Gasteiger partial charge in [0.25, 0.3) is 0 Å². The number of amides is 1. The highest BCUT2D eigenvalue weighted by molar-refractivity contribution is 5.76. The molecule has 0 aromatic rings. The zero-order chi connectivity index (χ0) is 11.5. The number of carbonyl (C=O) groups is 1. The van der Waals surface area contributed by atoms with Gasteiger partial charge in [0, 0.05) is 31.6 Å². The monoisotopic (exact) mass is 225 g/mol. The molecule has 0 aliphatic heterocycles. The number of nitrogens with zero attached hydrogens (tertiary/aromatic N) is 1. The molecule has 1 amide bonds. The van der Waals surface area contributed by atoms with Gasteiger partial charge in [-0.05, 0) is 38.6 Å². The van der Waals surface area contributed by atoms with Gasteiger partial charge >= 0.3 is 0 Å². The summed E-state index contributed by atoms with van der Waals surface area (Å²) < 4.78 is 0. The molecule has 2 rings (SSSR count). The Hall–Kier alpha value is -0.610. The Morgan fingerprint density at radius 1 is 1.44 bits per heavy atom. The van der Waals surface area contributed by atoms with Gasteiger partial charge in [-0.25, -0.2) is 0 Å². The van der Waals surface area contributed by atoms with Crippen LogP contribution in [0.4, 0.5) is 0 Å². The molecule has 3 N–H and O–H groups in total. The van der Waals surface area contributed by atoms with E-state index in [0.717, 1.165) is 25.3 Å². The van der Waals surface area contributed by atoms with Crippen LogP contribution in [-0.4, -0.2) is 43.0 Å². The van der Waals surface area contributed by atoms with Gasteiger partial charge in [-0.3, -0.25) is 4.79 Å². The highest BCUT2D eigenvalue weighted by atomic mass is 16.1. The Morgan fingerprint density at radius 2 is 2.12 bits per heavy atom. The average molecular weight is 225 g/mol. The second kappa shape index (κ2) is 5.15. The first kappa shape index (κ1) is 11.9. The maximum atomic E-state index is 11.5. The van der Waals surface area contributed by atoms with Gasteiger partial charge in [0.1, 0.15) is 0 Å². The van der Waals surface area contributed by atoms with Crippen molar-refractivity contribution >= 4 is 5.91 Å². The number of nitrogens with one attached hydrogen (secondary N) is 1. The first-order valence-electron chi connectivity index (χ1n) is 6.40. The molecule has 92 valence electrons. The predicted molar refractivity (Wildman–Crippen MR) is 64.0 cm³/mol. The molecule has 4 nitrogen and oxygen atoms in total. The summed E-state index contributed by atoms with van der Waals surface area (Å²) >= 11 is 0.